The van der Waals surface area contributed by atoms with Crippen LogP contribution in [-0.2, 0) is 13.6 Å². The zero-order valence-corrected chi connectivity index (χ0v) is 8.58. The third-order valence-corrected chi connectivity index (χ3v) is 2.05. The van der Waals surface area contributed by atoms with Gasteiger partial charge in [-0.15, -0.1) is 0 Å². The summed E-state index contributed by atoms with van der Waals surface area (Å²) >= 11 is 0. The molecule has 0 saturated heterocycles. The summed E-state index contributed by atoms with van der Waals surface area (Å²) in [6.45, 7) is 2.71. The van der Waals surface area contributed by atoms with Crippen LogP contribution in [0.15, 0.2) is 18.6 Å². The van der Waals surface area contributed by atoms with Crippen LogP contribution in [0, 0.1) is 0 Å². The Kier molecular flexibility index (Phi) is 2.32. The van der Waals surface area contributed by atoms with Crippen molar-refractivity contribution in [2.75, 3.05) is 0 Å². The molecule has 6 nitrogen and oxygen atoms in total. The number of carbonyl (C=O) groups is 1. The minimum Gasteiger partial charge on any atom is -0.287 e. The Morgan fingerprint density at radius 1 is 1.40 bits per heavy atom. The van der Waals surface area contributed by atoms with Gasteiger partial charge in [0.15, 0.2) is 5.69 Å². The van der Waals surface area contributed by atoms with Gasteiger partial charge < -0.3 is 0 Å². The molecule has 2 heterocycles. The van der Waals surface area contributed by atoms with Gasteiger partial charge in [0.2, 0.25) is 5.78 Å². The first-order valence-corrected chi connectivity index (χ1v) is 4.64. The molecule has 0 fully saturated rings. The fourth-order valence-electron chi connectivity index (χ4n) is 1.25. The maximum absolute atomic E-state index is 11.8. The van der Waals surface area contributed by atoms with Crippen molar-refractivity contribution < 1.29 is 4.79 Å². The molecule has 0 aliphatic carbocycles. The van der Waals surface area contributed by atoms with Crippen LogP contribution in [0.1, 0.15) is 23.0 Å². The van der Waals surface area contributed by atoms with Gasteiger partial charge in [-0.1, -0.05) is 0 Å². The van der Waals surface area contributed by atoms with Crippen LogP contribution in [-0.4, -0.2) is 30.6 Å². The van der Waals surface area contributed by atoms with Gasteiger partial charge in [-0.25, -0.2) is 0 Å². The summed E-state index contributed by atoms with van der Waals surface area (Å²) < 4.78 is 1.70. The average molecular weight is 205 g/mol. The minimum atomic E-state index is -0.150. The van der Waals surface area contributed by atoms with Crippen LogP contribution in [0.3, 0.4) is 0 Å². The molecule has 0 atom stereocenters. The molecule has 78 valence electrons. The smallest absolute Gasteiger partial charge is 0.218 e. The first-order chi connectivity index (χ1) is 7.20. The molecule has 2 aromatic heterocycles. The van der Waals surface area contributed by atoms with E-state index in [9.17, 15) is 4.79 Å². The zero-order chi connectivity index (χ0) is 10.8. The van der Waals surface area contributed by atoms with Gasteiger partial charge in [0.25, 0.3) is 0 Å². The van der Waals surface area contributed by atoms with E-state index in [0.717, 1.165) is 6.54 Å². The van der Waals surface area contributed by atoms with Crippen LogP contribution in [0.4, 0.5) is 0 Å². The number of carbonyl (C=O) groups excluding carboxylic acids is 1. The van der Waals surface area contributed by atoms with E-state index in [1.807, 2.05) is 6.92 Å². The molecule has 0 amide bonds. The molecule has 0 spiro atoms. The number of aromatic nitrogens is 5. The number of hydrogen-bond donors (Lipinski definition) is 0. The summed E-state index contributed by atoms with van der Waals surface area (Å²) in [5.41, 5.74) is 0.880. The lowest BCUT2D eigenvalue weighted by molar-refractivity contribution is 0.103. The predicted molar refractivity (Wildman–Crippen MR) is 52.3 cm³/mol. The number of aryl methyl sites for hydroxylation is 2. The second-order valence-corrected chi connectivity index (χ2v) is 3.13. The van der Waals surface area contributed by atoms with Gasteiger partial charge in [0, 0.05) is 19.8 Å². The highest BCUT2D eigenvalue weighted by Gasteiger charge is 2.14. The van der Waals surface area contributed by atoms with E-state index in [2.05, 4.69) is 15.3 Å². The van der Waals surface area contributed by atoms with E-state index in [0.29, 0.717) is 11.3 Å². The van der Waals surface area contributed by atoms with Gasteiger partial charge in [-0.3, -0.25) is 9.48 Å². The number of ketones is 1. The van der Waals surface area contributed by atoms with Gasteiger partial charge in [0.05, 0.1) is 18.0 Å². The summed E-state index contributed by atoms with van der Waals surface area (Å²) in [5, 5.41) is 11.8. The topological polar surface area (TPSA) is 65.6 Å². The molecule has 0 N–H and O–H groups in total. The van der Waals surface area contributed by atoms with E-state index < -0.39 is 0 Å². The van der Waals surface area contributed by atoms with Crippen molar-refractivity contribution >= 4 is 5.78 Å². The number of hydrogen-bond acceptors (Lipinski definition) is 4. The number of nitrogens with zero attached hydrogens (tertiary/aromatic N) is 5. The first-order valence-electron chi connectivity index (χ1n) is 4.64. The van der Waals surface area contributed by atoms with Crippen molar-refractivity contribution in [1.29, 1.82) is 0 Å². The Labute approximate surface area is 86.5 Å². The molecule has 0 aliphatic rings. The van der Waals surface area contributed by atoms with E-state index in [1.165, 1.54) is 11.0 Å². The second kappa shape index (κ2) is 3.64. The lowest BCUT2D eigenvalue weighted by atomic mass is 10.2. The summed E-state index contributed by atoms with van der Waals surface area (Å²) in [7, 11) is 1.67. The molecule has 6 heteroatoms. The zero-order valence-electron chi connectivity index (χ0n) is 8.58. The van der Waals surface area contributed by atoms with E-state index in [-0.39, 0.29) is 5.78 Å². The van der Waals surface area contributed by atoms with Crippen molar-refractivity contribution in [2.45, 2.75) is 13.5 Å². The summed E-state index contributed by atoms with van der Waals surface area (Å²) in [6, 6.07) is 0. The van der Waals surface area contributed by atoms with E-state index >= 15 is 0 Å². The van der Waals surface area contributed by atoms with Crippen LogP contribution in [0.5, 0.6) is 0 Å². The molecule has 0 aliphatic heterocycles. The van der Waals surface area contributed by atoms with Crippen molar-refractivity contribution in [1.82, 2.24) is 24.8 Å². The van der Waals surface area contributed by atoms with Crippen molar-refractivity contribution in [3.05, 3.63) is 29.8 Å². The third-order valence-electron chi connectivity index (χ3n) is 2.05. The highest BCUT2D eigenvalue weighted by Crippen LogP contribution is 2.05. The maximum atomic E-state index is 11.8. The fourth-order valence-corrected chi connectivity index (χ4v) is 1.25. The van der Waals surface area contributed by atoms with Gasteiger partial charge >= 0.3 is 0 Å². The highest BCUT2D eigenvalue weighted by molar-refractivity contribution is 6.07. The lowest BCUT2D eigenvalue weighted by Gasteiger charge is -1.91. The predicted octanol–water partition coefficient (Wildman–Crippen LogP) is 0.262. The molecule has 15 heavy (non-hydrogen) atoms. The fraction of sp³-hybridized carbons (Fsp3) is 0.333. The van der Waals surface area contributed by atoms with Gasteiger partial charge in [-0.05, 0) is 6.92 Å². The Hall–Kier alpha value is -1.98. The molecule has 0 radical (unpaired) electrons. The van der Waals surface area contributed by atoms with Crippen molar-refractivity contribution in [3.8, 4) is 0 Å². The third kappa shape index (κ3) is 1.78. The van der Waals surface area contributed by atoms with Gasteiger partial charge in [-0.2, -0.15) is 20.1 Å². The summed E-state index contributed by atoms with van der Waals surface area (Å²) in [6.07, 6.45) is 4.70. The standard InChI is InChI=1S/C9H11N5O/c1-3-14-6-7(4-11-14)9(15)8-5-10-13(2)12-8/h4-6H,3H2,1-2H3. The molecule has 2 rings (SSSR count). The minimum absolute atomic E-state index is 0.150. The van der Waals surface area contributed by atoms with E-state index in [1.54, 1.807) is 24.1 Å². The van der Waals surface area contributed by atoms with E-state index in [4.69, 9.17) is 0 Å². The van der Waals surface area contributed by atoms with Crippen molar-refractivity contribution in [2.24, 2.45) is 7.05 Å². The largest absolute Gasteiger partial charge is 0.287 e. The Morgan fingerprint density at radius 2 is 2.20 bits per heavy atom. The second-order valence-electron chi connectivity index (χ2n) is 3.13. The molecule has 0 saturated carbocycles. The molecule has 0 unspecified atom stereocenters. The van der Waals surface area contributed by atoms with Crippen LogP contribution in [0.25, 0.3) is 0 Å². The Morgan fingerprint density at radius 3 is 2.73 bits per heavy atom. The van der Waals surface area contributed by atoms with Crippen LogP contribution < -0.4 is 0 Å². The summed E-state index contributed by atoms with van der Waals surface area (Å²) in [4.78, 5) is 13.2. The van der Waals surface area contributed by atoms with Crippen LogP contribution >= 0.6 is 0 Å². The monoisotopic (exact) mass is 205 g/mol. The van der Waals surface area contributed by atoms with Crippen molar-refractivity contribution in [3.63, 3.8) is 0 Å². The maximum Gasteiger partial charge on any atom is 0.218 e. The Balaban J connectivity index is 2.28. The molecular weight excluding hydrogens is 194 g/mol. The first kappa shape index (κ1) is 9.57. The molecule has 2 aromatic rings. The highest BCUT2D eigenvalue weighted by atomic mass is 16.1. The average Bonchev–Trinajstić information content (AvgIpc) is 2.84. The molecule has 0 bridgehead atoms. The molecular formula is C9H11N5O. The quantitative estimate of drug-likeness (QED) is 0.674. The lowest BCUT2D eigenvalue weighted by Crippen LogP contribution is -2.02. The van der Waals surface area contributed by atoms with Crippen LogP contribution in [0.2, 0.25) is 0 Å². The molecule has 0 aromatic carbocycles. The Bertz CT molecular complexity index is 484. The van der Waals surface area contributed by atoms with Gasteiger partial charge in [0.1, 0.15) is 0 Å². The number of rotatable bonds is 3. The summed E-state index contributed by atoms with van der Waals surface area (Å²) in [5.74, 6) is -0.150. The normalized spacial score (nSPS) is 10.5. The SMILES string of the molecule is CCn1cc(C(=O)c2cnn(C)n2)cn1.